The first-order valence-corrected chi connectivity index (χ1v) is 6.22. The van der Waals surface area contributed by atoms with E-state index in [9.17, 15) is 0 Å². The van der Waals surface area contributed by atoms with Crippen LogP contribution in [0.25, 0.3) is 0 Å². The van der Waals surface area contributed by atoms with Crippen molar-refractivity contribution < 1.29 is 4.11 Å². The zero-order valence-corrected chi connectivity index (χ0v) is 9.87. The van der Waals surface area contributed by atoms with E-state index in [1.54, 1.807) is 0 Å². The van der Waals surface area contributed by atoms with E-state index >= 15 is 0 Å². The molecule has 0 atom stereocenters. The van der Waals surface area contributed by atoms with Crippen molar-refractivity contribution in [2.45, 2.75) is 32.5 Å². The topological polar surface area (TPSA) is 0 Å². The molecule has 0 nitrogen and oxygen atoms in total. The summed E-state index contributed by atoms with van der Waals surface area (Å²) in [7, 11) is 0. The first-order chi connectivity index (χ1) is 9.52. The highest BCUT2D eigenvalue weighted by Crippen LogP contribution is 2.18. The van der Waals surface area contributed by atoms with Crippen molar-refractivity contribution >= 4 is 0 Å². The van der Waals surface area contributed by atoms with E-state index in [0.717, 1.165) is 36.8 Å². The summed E-state index contributed by atoms with van der Waals surface area (Å²) < 4.78 is 23.2. The fourth-order valence-corrected chi connectivity index (χ4v) is 2.44. The van der Waals surface area contributed by atoms with Gasteiger partial charge in [-0.25, -0.2) is 0 Å². The summed E-state index contributed by atoms with van der Waals surface area (Å²) in [5, 5.41) is 0. The molecule has 0 saturated carbocycles. The van der Waals surface area contributed by atoms with Gasteiger partial charge in [0.15, 0.2) is 0 Å². The second-order valence-corrected chi connectivity index (χ2v) is 4.81. The zero-order valence-electron chi connectivity index (χ0n) is 12.9. The molecule has 0 unspecified atom stereocenters. The maximum atomic E-state index is 7.73. The van der Waals surface area contributed by atoms with Crippen LogP contribution < -0.4 is 0 Å². The van der Waals surface area contributed by atoms with Gasteiger partial charge in [-0.2, -0.15) is 0 Å². The molecule has 0 heterocycles. The molecular formula is C17H18. The van der Waals surface area contributed by atoms with Gasteiger partial charge in [-0.3, -0.25) is 0 Å². The van der Waals surface area contributed by atoms with Gasteiger partial charge >= 0.3 is 0 Å². The molecule has 86 valence electrons. The Morgan fingerprint density at radius 1 is 0.765 bits per heavy atom. The lowest BCUT2D eigenvalue weighted by Crippen LogP contribution is -1.99. The molecule has 2 aromatic carbocycles. The number of hydrogen-bond acceptors (Lipinski definition) is 0. The fraction of sp³-hybridized carbons (Fsp3) is 0.294. The van der Waals surface area contributed by atoms with E-state index in [1.165, 1.54) is 11.1 Å². The van der Waals surface area contributed by atoms with Crippen LogP contribution in [0.5, 0.6) is 0 Å². The summed E-state index contributed by atoms with van der Waals surface area (Å²) in [5.41, 5.74) is 5.19. The average Bonchev–Trinajstić information content (AvgIpc) is 2.40. The second-order valence-electron chi connectivity index (χ2n) is 4.81. The van der Waals surface area contributed by atoms with E-state index in [2.05, 4.69) is 30.3 Å². The average molecular weight is 225 g/mol. The highest BCUT2D eigenvalue weighted by molar-refractivity contribution is 5.34. The first-order valence-electron chi connectivity index (χ1n) is 7.72. The van der Waals surface area contributed by atoms with Crippen molar-refractivity contribution in [2.75, 3.05) is 0 Å². The highest BCUT2D eigenvalue weighted by Gasteiger charge is 2.04. The first kappa shape index (κ1) is 7.71. The summed E-state index contributed by atoms with van der Waals surface area (Å²) in [5.74, 6) is 0. The lowest BCUT2D eigenvalue weighted by Gasteiger charge is -2.11. The SMILES string of the molecule is [2H]C([2H])([2H])c1cc2ccc1CCc1ccc(cc1)CC2. The monoisotopic (exact) mass is 225 g/mol. The van der Waals surface area contributed by atoms with Crippen LogP contribution in [0.2, 0.25) is 0 Å². The van der Waals surface area contributed by atoms with Crippen LogP contribution in [0, 0.1) is 6.85 Å². The Morgan fingerprint density at radius 3 is 2.06 bits per heavy atom. The minimum atomic E-state index is -2.02. The highest BCUT2D eigenvalue weighted by atomic mass is 14.1. The van der Waals surface area contributed by atoms with Crippen LogP contribution in [0.15, 0.2) is 42.5 Å². The molecule has 4 bridgehead atoms. The molecule has 4 aliphatic carbocycles. The normalized spacial score (nSPS) is 17.8. The Labute approximate surface area is 108 Å². The molecule has 0 aliphatic heterocycles. The number of hydrogen-bond donors (Lipinski definition) is 0. The summed E-state index contributed by atoms with van der Waals surface area (Å²) in [6, 6.07) is 14.7. The van der Waals surface area contributed by atoms with Crippen LogP contribution in [0.4, 0.5) is 0 Å². The van der Waals surface area contributed by atoms with Crippen molar-refractivity contribution in [1.82, 2.24) is 0 Å². The van der Waals surface area contributed by atoms with Crippen LogP contribution >= 0.6 is 0 Å². The predicted molar refractivity (Wildman–Crippen MR) is 72.4 cm³/mol. The molecule has 17 heavy (non-hydrogen) atoms. The van der Waals surface area contributed by atoms with Gasteiger partial charge in [-0.15, -0.1) is 0 Å². The summed E-state index contributed by atoms with van der Waals surface area (Å²) in [4.78, 5) is 0. The summed E-state index contributed by atoms with van der Waals surface area (Å²) in [6.45, 7) is -2.02. The Balaban J connectivity index is 2.04. The van der Waals surface area contributed by atoms with E-state index in [0.29, 0.717) is 5.56 Å². The van der Waals surface area contributed by atoms with Gasteiger partial charge in [0, 0.05) is 4.11 Å². The number of benzene rings is 2. The van der Waals surface area contributed by atoms with Crippen LogP contribution in [0.3, 0.4) is 0 Å². The van der Waals surface area contributed by atoms with E-state index in [1.807, 2.05) is 12.1 Å². The third kappa shape index (κ3) is 2.26. The van der Waals surface area contributed by atoms with Gasteiger partial charge in [-0.05, 0) is 60.4 Å². The Kier molecular flexibility index (Phi) is 1.98. The molecule has 0 saturated heterocycles. The Morgan fingerprint density at radius 2 is 1.35 bits per heavy atom. The van der Waals surface area contributed by atoms with E-state index in [4.69, 9.17) is 4.11 Å². The number of rotatable bonds is 0. The minimum absolute atomic E-state index is 0.532. The smallest absolute Gasteiger partial charge is 0.0280 e. The van der Waals surface area contributed by atoms with Gasteiger partial charge in [0.25, 0.3) is 0 Å². The fourth-order valence-electron chi connectivity index (χ4n) is 2.44. The molecule has 6 rings (SSSR count). The maximum Gasteiger partial charge on any atom is 0.0280 e. The molecule has 0 amide bonds. The van der Waals surface area contributed by atoms with Crippen molar-refractivity contribution in [3.63, 3.8) is 0 Å². The molecular weight excluding hydrogens is 204 g/mol. The van der Waals surface area contributed by atoms with Crippen molar-refractivity contribution in [3.8, 4) is 0 Å². The zero-order chi connectivity index (χ0) is 14.2. The largest absolute Gasteiger partial charge is 0.0588 e. The van der Waals surface area contributed by atoms with Crippen LogP contribution in [-0.4, -0.2) is 0 Å². The predicted octanol–water partition coefficient (Wildman–Crippen LogP) is 3.88. The lowest BCUT2D eigenvalue weighted by molar-refractivity contribution is 0.912. The van der Waals surface area contributed by atoms with Crippen LogP contribution in [-0.2, 0) is 25.7 Å². The number of aryl methyl sites for hydroxylation is 5. The summed E-state index contributed by atoms with van der Waals surface area (Å²) >= 11 is 0. The molecule has 0 fully saturated rings. The third-order valence-corrected chi connectivity index (χ3v) is 3.58. The van der Waals surface area contributed by atoms with Gasteiger partial charge in [0.05, 0.1) is 0 Å². The Hall–Kier alpha value is -1.56. The van der Waals surface area contributed by atoms with Gasteiger partial charge in [0.2, 0.25) is 0 Å². The Bertz CT molecular complexity index is 609. The summed E-state index contributed by atoms with van der Waals surface area (Å²) in [6.07, 6.45) is 3.53. The van der Waals surface area contributed by atoms with Gasteiger partial charge in [0.1, 0.15) is 0 Å². The molecule has 0 spiro atoms. The van der Waals surface area contributed by atoms with Gasteiger partial charge in [-0.1, -0.05) is 42.5 Å². The maximum absolute atomic E-state index is 7.73. The lowest BCUT2D eigenvalue weighted by atomic mass is 9.94. The van der Waals surface area contributed by atoms with Crippen molar-refractivity contribution in [1.29, 1.82) is 0 Å². The molecule has 2 aromatic rings. The molecule has 0 heteroatoms. The van der Waals surface area contributed by atoms with E-state index in [-0.39, 0.29) is 0 Å². The van der Waals surface area contributed by atoms with E-state index < -0.39 is 6.85 Å². The second kappa shape index (κ2) is 4.37. The van der Waals surface area contributed by atoms with Crippen molar-refractivity contribution in [2.24, 2.45) is 0 Å². The molecule has 0 N–H and O–H groups in total. The molecule has 4 aliphatic rings. The van der Waals surface area contributed by atoms with Gasteiger partial charge < -0.3 is 0 Å². The third-order valence-electron chi connectivity index (χ3n) is 3.58. The molecule has 0 aromatic heterocycles. The minimum Gasteiger partial charge on any atom is -0.0588 e. The standard InChI is InChI=1S/C17H18/c1-13-12-16-7-6-14-2-4-15(5-3-14)8-10-17(13)11-9-16/h2-5,9,11-12H,6-8,10H2,1H3/i1D3. The molecule has 0 radical (unpaired) electrons. The van der Waals surface area contributed by atoms with Crippen molar-refractivity contribution in [3.05, 3.63) is 70.3 Å². The quantitative estimate of drug-likeness (QED) is 0.638. The van der Waals surface area contributed by atoms with Crippen LogP contribution in [0.1, 0.15) is 31.9 Å².